The molecular formula is C14H26N4S. The van der Waals surface area contributed by atoms with Crippen molar-refractivity contribution >= 4 is 11.8 Å². The molecule has 1 aliphatic rings. The number of rotatable bonds is 4. The number of thioether (sulfide) groups is 1. The number of fused-ring (bicyclic) bond motifs is 1. The van der Waals surface area contributed by atoms with Crippen molar-refractivity contribution in [3.05, 3.63) is 5.82 Å². The summed E-state index contributed by atoms with van der Waals surface area (Å²) in [6.45, 7) is 10.9. The van der Waals surface area contributed by atoms with Crippen LogP contribution in [-0.4, -0.2) is 32.1 Å². The molecule has 1 N–H and O–H groups in total. The molecule has 0 bridgehead atoms. The molecule has 1 aromatic rings. The molecule has 0 saturated carbocycles. The van der Waals surface area contributed by atoms with Gasteiger partial charge in [0.1, 0.15) is 5.82 Å². The van der Waals surface area contributed by atoms with E-state index in [1.165, 1.54) is 25.1 Å². The summed E-state index contributed by atoms with van der Waals surface area (Å²) in [5.41, 5.74) is 0.177. The third kappa shape index (κ3) is 4.49. The predicted molar refractivity (Wildman–Crippen MR) is 80.7 cm³/mol. The highest BCUT2D eigenvalue weighted by molar-refractivity contribution is 7.99. The number of nitrogens with one attached hydrogen (secondary N) is 1. The zero-order valence-corrected chi connectivity index (χ0v) is 13.4. The van der Waals surface area contributed by atoms with E-state index >= 15 is 0 Å². The van der Waals surface area contributed by atoms with Crippen LogP contribution in [0.4, 0.5) is 0 Å². The molecule has 108 valence electrons. The van der Waals surface area contributed by atoms with Gasteiger partial charge in [-0.05, 0) is 33.6 Å². The standard InChI is InChI=1S/C14H26N4S/c1-11(10-15-14(2,3)4)19-13-17-16-12-8-6-5-7-9-18(12)13/h11,15H,5-10H2,1-4H3. The first-order valence-electron chi connectivity index (χ1n) is 7.29. The average Bonchev–Trinajstić information content (AvgIpc) is 2.57. The molecule has 2 rings (SSSR count). The maximum absolute atomic E-state index is 4.37. The Morgan fingerprint density at radius 2 is 2.05 bits per heavy atom. The number of aryl methyl sites for hydroxylation is 1. The molecule has 0 aliphatic carbocycles. The van der Waals surface area contributed by atoms with E-state index in [2.05, 4.69) is 47.8 Å². The monoisotopic (exact) mass is 282 g/mol. The normalized spacial score (nSPS) is 17.9. The lowest BCUT2D eigenvalue weighted by Crippen LogP contribution is -2.39. The van der Waals surface area contributed by atoms with Crippen molar-refractivity contribution in [2.45, 2.75) is 75.9 Å². The van der Waals surface area contributed by atoms with E-state index in [4.69, 9.17) is 0 Å². The number of hydrogen-bond donors (Lipinski definition) is 1. The van der Waals surface area contributed by atoms with Crippen LogP contribution in [0.15, 0.2) is 5.16 Å². The van der Waals surface area contributed by atoms with Gasteiger partial charge in [-0.2, -0.15) is 0 Å². The minimum atomic E-state index is 0.177. The van der Waals surface area contributed by atoms with E-state index in [0.717, 1.165) is 24.7 Å². The minimum absolute atomic E-state index is 0.177. The molecule has 0 fully saturated rings. The lowest BCUT2D eigenvalue weighted by atomic mass is 10.1. The van der Waals surface area contributed by atoms with Crippen molar-refractivity contribution < 1.29 is 0 Å². The molecule has 0 radical (unpaired) electrons. The van der Waals surface area contributed by atoms with Gasteiger partial charge in [-0.15, -0.1) is 10.2 Å². The maximum atomic E-state index is 4.37. The van der Waals surface area contributed by atoms with Crippen molar-refractivity contribution in [2.75, 3.05) is 6.54 Å². The highest BCUT2D eigenvalue weighted by Gasteiger charge is 2.18. The van der Waals surface area contributed by atoms with Crippen LogP contribution < -0.4 is 5.32 Å². The van der Waals surface area contributed by atoms with Crippen LogP contribution in [0.3, 0.4) is 0 Å². The van der Waals surface area contributed by atoms with Gasteiger partial charge < -0.3 is 9.88 Å². The summed E-state index contributed by atoms with van der Waals surface area (Å²) in [5.74, 6) is 1.18. The Bertz CT molecular complexity index is 408. The Hall–Kier alpha value is -0.550. The second-order valence-electron chi connectivity index (χ2n) is 6.42. The van der Waals surface area contributed by atoms with Crippen LogP contribution in [0.5, 0.6) is 0 Å². The summed E-state index contributed by atoms with van der Waals surface area (Å²) in [4.78, 5) is 0. The summed E-state index contributed by atoms with van der Waals surface area (Å²) < 4.78 is 2.32. The van der Waals surface area contributed by atoms with E-state index in [1.807, 2.05) is 11.8 Å². The van der Waals surface area contributed by atoms with Gasteiger partial charge in [0.05, 0.1) is 0 Å². The van der Waals surface area contributed by atoms with Gasteiger partial charge in [-0.25, -0.2) is 0 Å². The maximum Gasteiger partial charge on any atom is 0.191 e. The molecule has 1 aliphatic heterocycles. The van der Waals surface area contributed by atoms with Gasteiger partial charge in [0.25, 0.3) is 0 Å². The molecule has 0 aromatic carbocycles. The van der Waals surface area contributed by atoms with Crippen LogP contribution >= 0.6 is 11.8 Å². The fourth-order valence-electron chi connectivity index (χ4n) is 2.22. The van der Waals surface area contributed by atoms with Crippen molar-refractivity contribution in [3.63, 3.8) is 0 Å². The number of nitrogens with zero attached hydrogens (tertiary/aromatic N) is 3. The Balaban J connectivity index is 1.94. The average molecular weight is 282 g/mol. The molecule has 19 heavy (non-hydrogen) atoms. The van der Waals surface area contributed by atoms with Gasteiger partial charge in [0.15, 0.2) is 5.16 Å². The third-order valence-corrected chi connectivity index (χ3v) is 4.38. The smallest absolute Gasteiger partial charge is 0.191 e. The zero-order chi connectivity index (χ0) is 13.9. The molecule has 0 amide bonds. The Labute approximate surface area is 120 Å². The van der Waals surface area contributed by atoms with Crippen LogP contribution in [0.25, 0.3) is 0 Å². The highest BCUT2D eigenvalue weighted by Crippen LogP contribution is 2.25. The fourth-order valence-corrected chi connectivity index (χ4v) is 3.16. The van der Waals surface area contributed by atoms with Gasteiger partial charge in [-0.1, -0.05) is 25.1 Å². The van der Waals surface area contributed by atoms with E-state index < -0.39 is 0 Å². The lowest BCUT2D eigenvalue weighted by Gasteiger charge is -2.23. The topological polar surface area (TPSA) is 42.7 Å². The molecule has 4 nitrogen and oxygen atoms in total. The second-order valence-corrected chi connectivity index (χ2v) is 7.83. The summed E-state index contributed by atoms with van der Waals surface area (Å²) in [5, 5.41) is 13.9. The fraction of sp³-hybridized carbons (Fsp3) is 0.857. The quantitative estimate of drug-likeness (QED) is 0.862. The molecule has 0 saturated heterocycles. The van der Waals surface area contributed by atoms with Gasteiger partial charge in [-0.3, -0.25) is 0 Å². The van der Waals surface area contributed by atoms with E-state index in [1.54, 1.807) is 0 Å². The molecule has 1 unspecified atom stereocenters. The molecule has 1 aromatic heterocycles. The zero-order valence-electron chi connectivity index (χ0n) is 12.6. The van der Waals surface area contributed by atoms with E-state index in [0.29, 0.717) is 5.25 Å². The highest BCUT2D eigenvalue weighted by atomic mass is 32.2. The second kappa shape index (κ2) is 6.27. The van der Waals surface area contributed by atoms with Crippen LogP contribution in [0.2, 0.25) is 0 Å². The molecule has 0 spiro atoms. The molecule has 2 heterocycles. The largest absolute Gasteiger partial charge is 0.311 e. The number of hydrogen-bond acceptors (Lipinski definition) is 4. The summed E-state index contributed by atoms with van der Waals surface area (Å²) >= 11 is 1.84. The first kappa shape index (κ1) is 14.9. The SMILES string of the molecule is CC(CNC(C)(C)C)Sc1nnc2n1CCCCC2. The molecule has 5 heteroatoms. The molecule has 1 atom stereocenters. The third-order valence-electron chi connectivity index (χ3n) is 3.30. The summed E-state index contributed by atoms with van der Waals surface area (Å²) in [6, 6.07) is 0. The predicted octanol–water partition coefficient (Wildman–Crippen LogP) is 2.87. The van der Waals surface area contributed by atoms with Gasteiger partial charge >= 0.3 is 0 Å². The summed E-state index contributed by atoms with van der Waals surface area (Å²) in [7, 11) is 0. The Kier molecular flexibility index (Phi) is 4.90. The van der Waals surface area contributed by atoms with Gasteiger partial charge in [0.2, 0.25) is 0 Å². The Morgan fingerprint density at radius 3 is 2.79 bits per heavy atom. The van der Waals surface area contributed by atoms with Crippen molar-refractivity contribution in [1.29, 1.82) is 0 Å². The van der Waals surface area contributed by atoms with Crippen molar-refractivity contribution in [3.8, 4) is 0 Å². The minimum Gasteiger partial charge on any atom is -0.311 e. The van der Waals surface area contributed by atoms with Crippen molar-refractivity contribution in [2.24, 2.45) is 0 Å². The van der Waals surface area contributed by atoms with Gasteiger partial charge in [0, 0.05) is 30.3 Å². The Morgan fingerprint density at radius 1 is 1.26 bits per heavy atom. The first-order valence-corrected chi connectivity index (χ1v) is 8.17. The van der Waals surface area contributed by atoms with E-state index in [9.17, 15) is 0 Å². The van der Waals surface area contributed by atoms with Crippen LogP contribution in [-0.2, 0) is 13.0 Å². The first-order chi connectivity index (χ1) is 8.96. The van der Waals surface area contributed by atoms with Crippen LogP contribution in [0, 0.1) is 0 Å². The van der Waals surface area contributed by atoms with E-state index in [-0.39, 0.29) is 5.54 Å². The molecular weight excluding hydrogens is 256 g/mol. The number of aromatic nitrogens is 3. The summed E-state index contributed by atoms with van der Waals surface area (Å²) in [6.07, 6.45) is 4.91. The lowest BCUT2D eigenvalue weighted by molar-refractivity contribution is 0.429. The van der Waals surface area contributed by atoms with Crippen LogP contribution in [0.1, 0.15) is 52.8 Å². The van der Waals surface area contributed by atoms with Crippen molar-refractivity contribution in [1.82, 2.24) is 20.1 Å².